The van der Waals surface area contributed by atoms with Gasteiger partial charge in [0.2, 0.25) is 0 Å². The van der Waals surface area contributed by atoms with Crippen LogP contribution in [0.25, 0.3) is 0 Å². The number of anilines is 1. The number of rotatable bonds is 7. The Labute approximate surface area is 139 Å². The van der Waals surface area contributed by atoms with Crippen molar-refractivity contribution < 1.29 is 14.3 Å². The van der Waals surface area contributed by atoms with Crippen LogP contribution in [0.4, 0.5) is 5.69 Å². The van der Waals surface area contributed by atoms with Crippen LogP contribution in [0, 0.1) is 5.92 Å². The summed E-state index contributed by atoms with van der Waals surface area (Å²) >= 11 is 0. The topological polar surface area (TPSA) is 38.8 Å². The molecule has 23 heavy (non-hydrogen) atoms. The Hall–Kier alpha value is -1.71. The van der Waals surface area contributed by atoms with Crippen molar-refractivity contribution in [3.63, 3.8) is 0 Å². The number of hydrogen-bond donors (Lipinski definition) is 0. The molecule has 1 unspecified atom stereocenters. The zero-order valence-corrected chi connectivity index (χ0v) is 14.8. The van der Waals surface area contributed by atoms with E-state index >= 15 is 0 Å². The molecule has 0 spiro atoms. The Bertz CT molecular complexity index is 527. The standard InChI is InChI=1S/C19H29NO3/c1-5-20-13-18(14(2)3)23-17-11-10-15(12-16(17)20)8-6-7-9-19(21)22-4/h10-12,14,18H,5-9,13H2,1-4H3. The summed E-state index contributed by atoms with van der Waals surface area (Å²) in [5, 5.41) is 0. The number of aryl methyl sites for hydroxylation is 1. The predicted molar refractivity (Wildman–Crippen MR) is 93.2 cm³/mol. The first-order valence-electron chi connectivity index (χ1n) is 8.66. The van der Waals surface area contributed by atoms with Gasteiger partial charge in [-0.25, -0.2) is 0 Å². The number of methoxy groups -OCH3 is 1. The van der Waals surface area contributed by atoms with Crippen LogP contribution < -0.4 is 9.64 Å². The van der Waals surface area contributed by atoms with Gasteiger partial charge in [0, 0.05) is 13.0 Å². The van der Waals surface area contributed by atoms with E-state index in [9.17, 15) is 4.79 Å². The van der Waals surface area contributed by atoms with Crippen LogP contribution in [0.3, 0.4) is 0 Å². The summed E-state index contributed by atoms with van der Waals surface area (Å²) in [6.45, 7) is 8.55. The van der Waals surface area contributed by atoms with E-state index in [0.717, 1.165) is 38.1 Å². The third-order valence-electron chi connectivity index (χ3n) is 4.49. The zero-order chi connectivity index (χ0) is 16.8. The molecule has 1 aromatic rings. The number of unbranched alkanes of at least 4 members (excludes halogenated alkanes) is 1. The highest BCUT2D eigenvalue weighted by Crippen LogP contribution is 2.36. The minimum atomic E-state index is -0.124. The molecule has 1 atom stereocenters. The molecule has 1 aromatic carbocycles. The fraction of sp³-hybridized carbons (Fsp3) is 0.632. The summed E-state index contributed by atoms with van der Waals surface area (Å²) in [4.78, 5) is 13.5. The van der Waals surface area contributed by atoms with E-state index in [4.69, 9.17) is 4.74 Å². The van der Waals surface area contributed by atoms with Gasteiger partial charge in [0.1, 0.15) is 11.9 Å². The number of hydrogen-bond acceptors (Lipinski definition) is 4. The normalized spacial score (nSPS) is 16.9. The first-order chi connectivity index (χ1) is 11.0. The number of carbonyl (C=O) groups excluding carboxylic acids is 1. The summed E-state index contributed by atoms with van der Waals surface area (Å²) in [7, 11) is 1.44. The molecule has 0 saturated heterocycles. The molecule has 128 valence electrons. The molecule has 0 bridgehead atoms. The molecular weight excluding hydrogens is 290 g/mol. The number of esters is 1. The molecule has 0 saturated carbocycles. The van der Waals surface area contributed by atoms with Gasteiger partial charge in [0.25, 0.3) is 0 Å². The average Bonchev–Trinajstić information content (AvgIpc) is 2.57. The lowest BCUT2D eigenvalue weighted by Crippen LogP contribution is -2.42. The smallest absolute Gasteiger partial charge is 0.305 e. The first kappa shape index (κ1) is 17.6. The lowest BCUT2D eigenvalue weighted by Gasteiger charge is -2.37. The van der Waals surface area contributed by atoms with Crippen molar-refractivity contribution >= 4 is 11.7 Å². The minimum absolute atomic E-state index is 0.124. The Balaban J connectivity index is 1.99. The molecule has 0 amide bonds. The van der Waals surface area contributed by atoms with E-state index in [-0.39, 0.29) is 12.1 Å². The SMILES string of the molecule is CCN1CC(C(C)C)Oc2ccc(CCCCC(=O)OC)cc21. The van der Waals surface area contributed by atoms with Crippen molar-refractivity contribution in [3.8, 4) is 5.75 Å². The largest absolute Gasteiger partial charge is 0.486 e. The number of nitrogens with zero attached hydrogens (tertiary/aromatic N) is 1. The molecule has 0 aromatic heterocycles. The number of fused-ring (bicyclic) bond motifs is 1. The van der Waals surface area contributed by atoms with Crippen molar-refractivity contribution in [1.82, 2.24) is 0 Å². The molecule has 4 nitrogen and oxygen atoms in total. The highest BCUT2D eigenvalue weighted by atomic mass is 16.5. The average molecular weight is 319 g/mol. The molecule has 0 fully saturated rings. The highest BCUT2D eigenvalue weighted by Gasteiger charge is 2.27. The first-order valence-corrected chi connectivity index (χ1v) is 8.66. The second-order valence-electron chi connectivity index (χ2n) is 6.52. The molecule has 0 aliphatic carbocycles. The monoisotopic (exact) mass is 319 g/mol. The number of carbonyl (C=O) groups is 1. The molecule has 1 heterocycles. The van der Waals surface area contributed by atoms with Gasteiger partial charge in [0.05, 0.1) is 19.3 Å². The Morgan fingerprint density at radius 1 is 1.39 bits per heavy atom. The third-order valence-corrected chi connectivity index (χ3v) is 4.49. The fourth-order valence-corrected chi connectivity index (χ4v) is 2.93. The van der Waals surface area contributed by atoms with Gasteiger partial charge in [-0.05, 0) is 49.8 Å². The molecule has 1 aliphatic heterocycles. The zero-order valence-electron chi connectivity index (χ0n) is 14.8. The molecule has 4 heteroatoms. The summed E-state index contributed by atoms with van der Waals surface area (Å²) in [5.41, 5.74) is 2.51. The second kappa shape index (κ2) is 8.23. The van der Waals surface area contributed by atoms with E-state index in [1.807, 2.05) is 0 Å². The summed E-state index contributed by atoms with van der Waals surface area (Å²) < 4.78 is 10.8. The quantitative estimate of drug-likeness (QED) is 0.566. The van der Waals surface area contributed by atoms with Crippen LogP contribution in [-0.4, -0.2) is 32.3 Å². The fourth-order valence-electron chi connectivity index (χ4n) is 2.93. The second-order valence-corrected chi connectivity index (χ2v) is 6.52. The van der Waals surface area contributed by atoms with Crippen LogP contribution in [-0.2, 0) is 16.0 Å². The van der Waals surface area contributed by atoms with Gasteiger partial charge in [-0.2, -0.15) is 0 Å². The van der Waals surface area contributed by atoms with Crippen molar-refractivity contribution in [2.45, 2.75) is 52.6 Å². The number of ether oxygens (including phenoxy) is 2. The Kier molecular flexibility index (Phi) is 6.31. The van der Waals surface area contributed by atoms with E-state index in [2.05, 4.69) is 48.6 Å². The van der Waals surface area contributed by atoms with E-state index < -0.39 is 0 Å². The number of likely N-dealkylation sites (N-methyl/N-ethyl adjacent to an activating group) is 1. The van der Waals surface area contributed by atoms with Crippen LogP contribution in [0.2, 0.25) is 0 Å². The predicted octanol–water partition coefficient (Wildman–Crippen LogP) is 3.82. The van der Waals surface area contributed by atoms with Gasteiger partial charge in [-0.3, -0.25) is 4.79 Å². The van der Waals surface area contributed by atoms with Gasteiger partial charge in [0.15, 0.2) is 0 Å². The number of benzene rings is 1. The Morgan fingerprint density at radius 2 is 2.17 bits per heavy atom. The van der Waals surface area contributed by atoms with Gasteiger partial charge >= 0.3 is 5.97 Å². The van der Waals surface area contributed by atoms with Crippen LogP contribution >= 0.6 is 0 Å². The minimum Gasteiger partial charge on any atom is -0.486 e. The maximum atomic E-state index is 11.1. The van der Waals surface area contributed by atoms with E-state index in [0.29, 0.717) is 12.3 Å². The lowest BCUT2D eigenvalue weighted by atomic mass is 10.0. The third kappa shape index (κ3) is 4.63. The van der Waals surface area contributed by atoms with Gasteiger partial charge in [-0.1, -0.05) is 19.9 Å². The van der Waals surface area contributed by atoms with Crippen LogP contribution in [0.15, 0.2) is 18.2 Å². The van der Waals surface area contributed by atoms with Gasteiger partial charge in [-0.15, -0.1) is 0 Å². The summed E-state index contributed by atoms with van der Waals surface area (Å²) in [6, 6.07) is 6.49. The molecular formula is C19H29NO3. The van der Waals surface area contributed by atoms with E-state index in [1.165, 1.54) is 18.4 Å². The maximum absolute atomic E-state index is 11.1. The van der Waals surface area contributed by atoms with Crippen molar-refractivity contribution in [3.05, 3.63) is 23.8 Å². The van der Waals surface area contributed by atoms with Crippen LogP contribution in [0.1, 0.15) is 45.6 Å². The van der Waals surface area contributed by atoms with Crippen molar-refractivity contribution in [2.75, 3.05) is 25.1 Å². The Morgan fingerprint density at radius 3 is 2.83 bits per heavy atom. The molecule has 0 N–H and O–H groups in total. The van der Waals surface area contributed by atoms with Gasteiger partial charge < -0.3 is 14.4 Å². The van der Waals surface area contributed by atoms with E-state index in [1.54, 1.807) is 0 Å². The molecule has 1 aliphatic rings. The van der Waals surface area contributed by atoms with Crippen LogP contribution in [0.5, 0.6) is 5.75 Å². The lowest BCUT2D eigenvalue weighted by molar-refractivity contribution is -0.140. The summed E-state index contributed by atoms with van der Waals surface area (Å²) in [6.07, 6.45) is 3.60. The molecule has 2 rings (SSSR count). The highest BCUT2D eigenvalue weighted by molar-refractivity contribution is 5.69. The van der Waals surface area contributed by atoms with Crippen molar-refractivity contribution in [2.24, 2.45) is 5.92 Å². The van der Waals surface area contributed by atoms with Crippen molar-refractivity contribution in [1.29, 1.82) is 0 Å². The molecule has 0 radical (unpaired) electrons. The maximum Gasteiger partial charge on any atom is 0.305 e. The summed E-state index contributed by atoms with van der Waals surface area (Å²) in [5.74, 6) is 1.38.